The van der Waals surface area contributed by atoms with Gasteiger partial charge in [-0.2, -0.15) is 4.31 Å². The van der Waals surface area contributed by atoms with Crippen LogP contribution in [0.4, 0.5) is 0 Å². The maximum absolute atomic E-state index is 13.1. The molecule has 184 valence electrons. The molecule has 0 radical (unpaired) electrons. The summed E-state index contributed by atoms with van der Waals surface area (Å²) in [6, 6.07) is 16.8. The predicted molar refractivity (Wildman–Crippen MR) is 134 cm³/mol. The second-order valence-electron chi connectivity index (χ2n) is 7.86. The van der Waals surface area contributed by atoms with E-state index in [4.69, 9.17) is 32.6 Å². The highest BCUT2D eigenvalue weighted by Crippen LogP contribution is 2.25. The summed E-state index contributed by atoms with van der Waals surface area (Å²) in [6.45, 7) is 2.13. The number of rotatable bonds is 4. The smallest absolute Gasteiger partial charge is 0.300 e. The van der Waals surface area contributed by atoms with E-state index in [9.17, 15) is 13.2 Å². The summed E-state index contributed by atoms with van der Waals surface area (Å²) in [5.74, 6) is -1.07. The van der Waals surface area contributed by atoms with E-state index in [1.807, 2.05) is 0 Å². The van der Waals surface area contributed by atoms with Gasteiger partial charge in [-0.05, 0) is 47.2 Å². The molecule has 1 aliphatic rings. The number of fused-ring (bicyclic) bond motifs is 1. The zero-order valence-corrected chi connectivity index (χ0v) is 20.5. The lowest BCUT2D eigenvalue weighted by molar-refractivity contribution is -0.134. The number of hydrogen-bond donors (Lipinski definition) is 3. The molecule has 1 heterocycles. The highest BCUT2D eigenvalue weighted by molar-refractivity contribution is 7.89. The summed E-state index contributed by atoms with van der Waals surface area (Å²) in [5, 5.41) is 17.1. The molecule has 0 spiro atoms. The molecule has 9 nitrogen and oxygen atoms in total. The molecule has 0 unspecified atom stereocenters. The average molecular weight is 517 g/mol. The number of halogens is 1. The van der Waals surface area contributed by atoms with Crippen molar-refractivity contribution in [2.45, 2.75) is 11.8 Å². The van der Waals surface area contributed by atoms with E-state index in [0.29, 0.717) is 29.2 Å². The number of nitrogen functional groups attached to an aromatic ring is 1. The van der Waals surface area contributed by atoms with E-state index in [-0.39, 0.29) is 29.7 Å². The molecule has 0 aromatic heterocycles. The minimum Gasteiger partial charge on any atom is -0.481 e. The second kappa shape index (κ2) is 10.9. The van der Waals surface area contributed by atoms with Gasteiger partial charge in [0.2, 0.25) is 10.0 Å². The van der Waals surface area contributed by atoms with E-state index in [2.05, 4.69) is 0 Å². The number of carbonyl (C=O) groups is 2. The van der Waals surface area contributed by atoms with Gasteiger partial charge in [-0.15, -0.1) is 0 Å². The van der Waals surface area contributed by atoms with Crippen LogP contribution in [-0.4, -0.2) is 66.6 Å². The maximum atomic E-state index is 13.1. The molecule has 0 atom stereocenters. The number of carboxylic acid groups (broad SMARTS) is 1. The van der Waals surface area contributed by atoms with Gasteiger partial charge in [-0.3, -0.25) is 15.0 Å². The number of nitrogens with two attached hydrogens (primary N) is 1. The Balaban J connectivity index is 0.000000795. The Hall–Kier alpha value is -3.47. The Bertz CT molecular complexity index is 1360. The summed E-state index contributed by atoms with van der Waals surface area (Å²) in [6.07, 6.45) is 0. The van der Waals surface area contributed by atoms with Gasteiger partial charge in [-0.25, -0.2) is 8.42 Å². The van der Waals surface area contributed by atoms with Gasteiger partial charge in [-0.1, -0.05) is 35.9 Å². The maximum Gasteiger partial charge on any atom is 0.300 e. The molecule has 0 saturated carbocycles. The van der Waals surface area contributed by atoms with Crippen LogP contribution in [0.5, 0.6) is 0 Å². The van der Waals surface area contributed by atoms with Gasteiger partial charge in [0.1, 0.15) is 5.84 Å². The molecule has 1 fully saturated rings. The number of amidine groups is 1. The molecule has 3 aromatic carbocycles. The number of nitrogens with zero attached hydrogens (tertiary/aromatic N) is 2. The number of benzene rings is 3. The number of carbonyl (C=O) groups excluding carboxylic acids is 1. The zero-order valence-electron chi connectivity index (χ0n) is 18.9. The predicted octanol–water partition coefficient (Wildman–Crippen LogP) is 3.01. The Labute approximate surface area is 208 Å². The Morgan fingerprint density at radius 2 is 1.43 bits per heavy atom. The number of carboxylic acids is 1. The number of nitrogens with one attached hydrogen (secondary N) is 1. The van der Waals surface area contributed by atoms with Crippen molar-refractivity contribution < 1.29 is 23.1 Å². The van der Waals surface area contributed by atoms with Crippen LogP contribution in [0.15, 0.2) is 65.6 Å². The minimum absolute atomic E-state index is 0.0605. The second-order valence-corrected chi connectivity index (χ2v) is 10.2. The first-order chi connectivity index (χ1) is 16.5. The van der Waals surface area contributed by atoms with Crippen LogP contribution < -0.4 is 5.73 Å². The molecule has 35 heavy (non-hydrogen) atoms. The molecule has 11 heteroatoms. The molecule has 4 N–H and O–H groups in total. The minimum atomic E-state index is -3.67. The number of hydrogen-bond acceptors (Lipinski definition) is 5. The Kier molecular flexibility index (Phi) is 8.11. The SMILES string of the molecule is CC(=O)O.N=C(N)c1ccc(C(=O)N2CCN(S(=O)(=O)c3ccc4cc(Cl)ccc4c3)CC2)cc1. The lowest BCUT2D eigenvalue weighted by Gasteiger charge is -2.34. The number of aliphatic carboxylic acids is 1. The molecular formula is C24H25ClN4O5S. The highest BCUT2D eigenvalue weighted by atomic mass is 35.5. The van der Waals surface area contributed by atoms with Crippen molar-refractivity contribution in [1.82, 2.24) is 9.21 Å². The molecule has 0 bridgehead atoms. The topological polar surface area (TPSA) is 145 Å². The van der Waals surface area contributed by atoms with Gasteiger partial charge in [0.15, 0.2) is 0 Å². The molecule has 1 saturated heterocycles. The van der Waals surface area contributed by atoms with Gasteiger partial charge in [0.25, 0.3) is 11.9 Å². The molecule has 4 rings (SSSR count). The van der Waals surface area contributed by atoms with Crippen LogP contribution in [0.25, 0.3) is 10.8 Å². The highest BCUT2D eigenvalue weighted by Gasteiger charge is 2.30. The van der Waals surface area contributed by atoms with Crippen molar-refractivity contribution in [3.63, 3.8) is 0 Å². The fraction of sp³-hybridized carbons (Fsp3) is 0.208. The van der Waals surface area contributed by atoms with Gasteiger partial charge in [0.05, 0.1) is 4.90 Å². The Morgan fingerprint density at radius 3 is 2.00 bits per heavy atom. The van der Waals surface area contributed by atoms with Gasteiger partial charge in [0, 0.05) is 49.3 Å². The lowest BCUT2D eigenvalue weighted by Crippen LogP contribution is -2.50. The lowest BCUT2D eigenvalue weighted by atomic mass is 10.1. The summed E-state index contributed by atoms with van der Waals surface area (Å²) in [5.41, 5.74) is 6.47. The molecule has 1 amide bonds. The summed E-state index contributed by atoms with van der Waals surface area (Å²) in [4.78, 5) is 23.6. The van der Waals surface area contributed by atoms with Crippen LogP contribution in [0.1, 0.15) is 22.8 Å². The standard InChI is InChI=1S/C22H21ClN4O3S.C2H4O2/c23-19-7-5-18-14-20(8-6-17(18)13-19)31(29,30)27-11-9-26(10-12-27)22(28)16-3-1-15(2-4-16)21(24)25;1-2(3)4/h1-8,13-14H,9-12H2,(H3,24,25);1H3,(H,3,4). The number of sulfonamides is 1. The average Bonchev–Trinajstić information content (AvgIpc) is 2.83. The molecule has 1 aliphatic heterocycles. The fourth-order valence-electron chi connectivity index (χ4n) is 3.61. The van der Waals surface area contributed by atoms with E-state index in [1.54, 1.807) is 65.6 Å². The monoisotopic (exact) mass is 516 g/mol. The molecule has 0 aliphatic carbocycles. The van der Waals surface area contributed by atoms with Gasteiger partial charge < -0.3 is 15.7 Å². The van der Waals surface area contributed by atoms with Crippen LogP contribution in [0.2, 0.25) is 5.02 Å². The molecular weight excluding hydrogens is 492 g/mol. The summed E-state index contributed by atoms with van der Waals surface area (Å²) >= 11 is 6.00. The van der Waals surface area contributed by atoms with Crippen molar-refractivity contribution >= 4 is 50.1 Å². The third kappa shape index (κ3) is 6.36. The Morgan fingerprint density at radius 1 is 0.914 bits per heavy atom. The van der Waals surface area contributed by atoms with Crippen LogP contribution in [0, 0.1) is 5.41 Å². The van der Waals surface area contributed by atoms with Crippen molar-refractivity contribution in [2.75, 3.05) is 26.2 Å². The zero-order chi connectivity index (χ0) is 25.8. The van der Waals surface area contributed by atoms with Crippen LogP contribution in [0.3, 0.4) is 0 Å². The van der Waals surface area contributed by atoms with Crippen molar-refractivity contribution in [2.24, 2.45) is 5.73 Å². The summed E-state index contributed by atoms with van der Waals surface area (Å²) in [7, 11) is -3.67. The number of piperazine rings is 1. The third-order valence-corrected chi connectivity index (χ3v) is 7.51. The largest absolute Gasteiger partial charge is 0.481 e. The molecule has 3 aromatic rings. The van der Waals surface area contributed by atoms with Crippen molar-refractivity contribution in [1.29, 1.82) is 5.41 Å². The summed E-state index contributed by atoms with van der Waals surface area (Å²) < 4.78 is 27.6. The van der Waals surface area contributed by atoms with Crippen molar-refractivity contribution in [3.05, 3.63) is 76.8 Å². The van der Waals surface area contributed by atoms with Crippen LogP contribution in [-0.2, 0) is 14.8 Å². The first-order valence-electron chi connectivity index (χ1n) is 10.6. The van der Waals surface area contributed by atoms with E-state index in [0.717, 1.165) is 17.7 Å². The third-order valence-electron chi connectivity index (χ3n) is 5.38. The van der Waals surface area contributed by atoms with Gasteiger partial charge >= 0.3 is 0 Å². The number of amides is 1. The fourth-order valence-corrected chi connectivity index (χ4v) is 5.25. The van der Waals surface area contributed by atoms with E-state index in [1.165, 1.54) is 4.31 Å². The first kappa shape index (κ1) is 26.1. The van der Waals surface area contributed by atoms with Crippen molar-refractivity contribution in [3.8, 4) is 0 Å². The quantitative estimate of drug-likeness (QED) is 0.359. The normalized spacial score (nSPS) is 14.2. The van der Waals surface area contributed by atoms with Crippen LogP contribution >= 0.6 is 11.6 Å². The van der Waals surface area contributed by atoms with E-state index >= 15 is 0 Å². The van der Waals surface area contributed by atoms with E-state index < -0.39 is 16.0 Å². The first-order valence-corrected chi connectivity index (χ1v) is 12.4.